The van der Waals surface area contributed by atoms with E-state index in [-0.39, 0.29) is 6.42 Å². The summed E-state index contributed by atoms with van der Waals surface area (Å²) >= 11 is 0. The monoisotopic (exact) mass is 281 g/mol. The summed E-state index contributed by atoms with van der Waals surface area (Å²) in [5.74, 6) is 0. The number of ether oxygens (including phenoxy) is 1. The van der Waals surface area contributed by atoms with Crippen molar-refractivity contribution in [2.24, 2.45) is 5.11 Å². The summed E-state index contributed by atoms with van der Waals surface area (Å²) in [5, 5.41) is 13.2. The van der Waals surface area contributed by atoms with E-state index in [0.717, 1.165) is 0 Å². The fourth-order valence-corrected chi connectivity index (χ4v) is 2.26. The van der Waals surface area contributed by atoms with Crippen LogP contribution in [0.4, 0.5) is 0 Å². The van der Waals surface area contributed by atoms with Crippen LogP contribution >= 0.6 is 0 Å². The number of H-pyrrole nitrogens is 1. The maximum Gasteiger partial charge on any atom is 0.330 e. The first-order valence-corrected chi connectivity index (χ1v) is 6.14. The zero-order valence-corrected chi connectivity index (χ0v) is 11.1. The van der Waals surface area contributed by atoms with Gasteiger partial charge in [0.25, 0.3) is 5.56 Å². The molecule has 2 N–H and O–H groups in total. The van der Waals surface area contributed by atoms with Crippen LogP contribution in [0.25, 0.3) is 10.4 Å². The molecule has 0 bridgehead atoms. The molecule has 3 unspecified atom stereocenters. The maximum absolute atomic E-state index is 11.8. The Morgan fingerprint density at radius 1 is 1.65 bits per heavy atom. The third-order valence-corrected chi connectivity index (χ3v) is 3.27. The Balaban J connectivity index is 2.36. The molecule has 1 aromatic heterocycles. The van der Waals surface area contributed by atoms with E-state index in [1.165, 1.54) is 17.7 Å². The van der Waals surface area contributed by atoms with E-state index < -0.39 is 35.7 Å². The first kappa shape index (κ1) is 14.3. The summed E-state index contributed by atoms with van der Waals surface area (Å²) in [5.41, 5.74) is 7.84. The lowest BCUT2D eigenvalue weighted by atomic mass is 10.1. The Morgan fingerprint density at radius 3 is 2.95 bits per heavy atom. The van der Waals surface area contributed by atoms with Gasteiger partial charge in [0.05, 0.1) is 18.2 Å². The quantitative estimate of drug-likeness (QED) is 0.464. The standard InChI is InChI=1S/C11H15N5O4/c1-5-4-16(11(19)13-10(5)18)8-3-7(14-15-12)9(20-8)6(2)17/h4,6-9,17H,3H2,1-2H3,(H,13,18,19)/t6-,7?,8?,9?/m0/s1. The summed E-state index contributed by atoms with van der Waals surface area (Å²) in [6.07, 6.45) is -0.563. The molecule has 0 radical (unpaired) electrons. The van der Waals surface area contributed by atoms with Crippen molar-refractivity contribution in [2.75, 3.05) is 0 Å². The number of aromatic nitrogens is 2. The lowest BCUT2D eigenvalue weighted by Crippen LogP contribution is -2.34. The summed E-state index contributed by atoms with van der Waals surface area (Å²) < 4.78 is 6.81. The number of nitrogens with one attached hydrogen (secondary N) is 1. The van der Waals surface area contributed by atoms with Crippen LogP contribution < -0.4 is 11.2 Å². The molecule has 1 aliphatic heterocycles. The highest BCUT2D eigenvalue weighted by molar-refractivity contribution is 5.02. The lowest BCUT2D eigenvalue weighted by molar-refractivity contribution is -0.0574. The van der Waals surface area contributed by atoms with Gasteiger partial charge >= 0.3 is 5.69 Å². The fourth-order valence-electron chi connectivity index (χ4n) is 2.26. The minimum Gasteiger partial charge on any atom is -0.391 e. The third kappa shape index (κ3) is 2.60. The SMILES string of the molecule is Cc1cn(C2CC(N=[N+]=[N-])C([C@H](C)O)O2)c(=O)[nH]c1=O. The molecule has 0 aromatic carbocycles. The second kappa shape index (κ2) is 5.49. The number of hydrogen-bond donors (Lipinski definition) is 2. The van der Waals surface area contributed by atoms with Crippen molar-refractivity contribution in [1.29, 1.82) is 0 Å². The highest BCUT2D eigenvalue weighted by atomic mass is 16.5. The zero-order chi connectivity index (χ0) is 14.9. The van der Waals surface area contributed by atoms with Crippen LogP contribution in [0.15, 0.2) is 20.9 Å². The number of aryl methyl sites for hydroxylation is 1. The van der Waals surface area contributed by atoms with Gasteiger partial charge in [0, 0.05) is 23.1 Å². The molecule has 1 aliphatic rings. The van der Waals surface area contributed by atoms with Crippen LogP contribution in [0.5, 0.6) is 0 Å². The number of aliphatic hydroxyl groups excluding tert-OH is 1. The lowest BCUT2D eigenvalue weighted by Gasteiger charge is -2.18. The van der Waals surface area contributed by atoms with Gasteiger partial charge in [0.2, 0.25) is 0 Å². The first-order valence-electron chi connectivity index (χ1n) is 6.14. The summed E-state index contributed by atoms with van der Waals surface area (Å²) in [6, 6.07) is -0.566. The molecule has 9 nitrogen and oxygen atoms in total. The Morgan fingerprint density at radius 2 is 2.35 bits per heavy atom. The molecule has 1 saturated heterocycles. The molecule has 1 fully saturated rings. The average molecular weight is 281 g/mol. The highest BCUT2D eigenvalue weighted by Crippen LogP contribution is 2.31. The predicted octanol–water partition coefficient (Wildman–Crippen LogP) is 0.192. The Kier molecular flexibility index (Phi) is 3.93. The smallest absolute Gasteiger partial charge is 0.330 e. The molecule has 9 heteroatoms. The molecule has 20 heavy (non-hydrogen) atoms. The van der Waals surface area contributed by atoms with Gasteiger partial charge in [-0.1, -0.05) is 5.11 Å². The normalized spacial score (nSPS) is 27.1. The van der Waals surface area contributed by atoms with Crippen molar-refractivity contribution in [3.8, 4) is 0 Å². The van der Waals surface area contributed by atoms with Crippen molar-refractivity contribution in [3.63, 3.8) is 0 Å². The van der Waals surface area contributed by atoms with Crippen molar-refractivity contribution in [1.82, 2.24) is 9.55 Å². The molecule has 108 valence electrons. The van der Waals surface area contributed by atoms with Gasteiger partial charge in [-0.25, -0.2) is 4.79 Å². The first-order chi connectivity index (χ1) is 9.43. The van der Waals surface area contributed by atoms with Crippen molar-refractivity contribution < 1.29 is 9.84 Å². The fraction of sp³-hybridized carbons (Fsp3) is 0.636. The molecule has 2 heterocycles. The Hall–Kier alpha value is -2.09. The highest BCUT2D eigenvalue weighted by Gasteiger charge is 2.38. The van der Waals surface area contributed by atoms with Crippen LogP contribution in [0.2, 0.25) is 0 Å². The van der Waals surface area contributed by atoms with Crippen LogP contribution in [-0.2, 0) is 4.74 Å². The van der Waals surface area contributed by atoms with Crippen LogP contribution in [-0.4, -0.2) is 32.9 Å². The summed E-state index contributed by atoms with van der Waals surface area (Å²) in [4.78, 5) is 28.0. The second-order valence-corrected chi connectivity index (χ2v) is 4.78. The van der Waals surface area contributed by atoms with E-state index in [2.05, 4.69) is 15.0 Å². The van der Waals surface area contributed by atoms with Gasteiger partial charge < -0.3 is 9.84 Å². The zero-order valence-electron chi connectivity index (χ0n) is 11.1. The molecule has 0 saturated carbocycles. The molecular formula is C11H15N5O4. The molecule has 2 rings (SSSR count). The van der Waals surface area contributed by atoms with Crippen LogP contribution in [0.3, 0.4) is 0 Å². The van der Waals surface area contributed by atoms with E-state index in [9.17, 15) is 14.7 Å². The van der Waals surface area contributed by atoms with Gasteiger partial charge in [-0.2, -0.15) is 0 Å². The number of azide groups is 1. The van der Waals surface area contributed by atoms with Crippen molar-refractivity contribution in [3.05, 3.63) is 43.0 Å². The van der Waals surface area contributed by atoms with Crippen LogP contribution in [0, 0.1) is 6.92 Å². The minimum atomic E-state index is -0.838. The predicted molar refractivity (Wildman–Crippen MR) is 69.2 cm³/mol. The van der Waals surface area contributed by atoms with Crippen molar-refractivity contribution in [2.45, 2.75) is 44.7 Å². The van der Waals surface area contributed by atoms with Gasteiger partial charge in [-0.05, 0) is 19.4 Å². The number of rotatable bonds is 3. The van der Waals surface area contributed by atoms with E-state index >= 15 is 0 Å². The minimum absolute atomic E-state index is 0.255. The van der Waals surface area contributed by atoms with E-state index in [1.807, 2.05) is 0 Å². The van der Waals surface area contributed by atoms with Gasteiger partial charge in [-0.3, -0.25) is 14.3 Å². The summed E-state index contributed by atoms with van der Waals surface area (Å²) in [7, 11) is 0. The molecule has 0 aliphatic carbocycles. The molecule has 0 spiro atoms. The van der Waals surface area contributed by atoms with E-state index in [0.29, 0.717) is 5.56 Å². The van der Waals surface area contributed by atoms with E-state index in [1.54, 1.807) is 6.92 Å². The number of aromatic amines is 1. The number of aliphatic hydroxyl groups is 1. The van der Waals surface area contributed by atoms with E-state index in [4.69, 9.17) is 10.3 Å². The largest absolute Gasteiger partial charge is 0.391 e. The molecule has 1 aromatic rings. The van der Waals surface area contributed by atoms with Gasteiger partial charge in [0.1, 0.15) is 6.23 Å². The molecular weight excluding hydrogens is 266 g/mol. The maximum atomic E-state index is 11.8. The van der Waals surface area contributed by atoms with Gasteiger partial charge in [0.15, 0.2) is 0 Å². The third-order valence-electron chi connectivity index (χ3n) is 3.27. The Bertz CT molecular complexity index is 658. The summed E-state index contributed by atoms with van der Waals surface area (Å²) in [6.45, 7) is 3.09. The molecule has 0 amide bonds. The average Bonchev–Trinajstić information content (AvgIpc) is 2.78. The molecule has 4 atom stereocenters. The Labute approximate surface area is 113 Å². The van der Waals surface area contributed by atoms with Crippen LogP contribution in [0.1, 0.15) is 25.1 Å². The topological polar surface area (TPSA) is 133 Å². The van der Waals surface area contributed by atoms with Gasteiger partial charge in [-0.15, -0.1) is 0 Å². The van der Waals surface area contributed by atoms with Crippen molar-refractivity contribution >= 4 is 0 Å². The number of nitrogens with zero attached hydrogens (tertiary/aromatic N) is 4. The number of hydrogen-bond acceptors (Lipinski definition) is 5. The second-order valence-electron chi connectivity index (χ2n) is 4.78.